The minimum absolute atomic E-state index is 0.240. The first-order chi connectivity index (χ1) is 11.7. The van der Waals surface area contributed by atoms with Crippen molar-refractivity contribution in [3.05, 3.63) is 84.4 Å². The molecule has 4 rings (SSSR count). The zero-order chi connectivity index (χ0) is 16.5. The van der Waals surface area contributed by atoms with Crippen LogP contribution in [0, 0.1) is 12.7 Å². The van der Waals surface area contributed by atoms with Crippen LogP contribution in [0.2, 0.25) is 0 Å². The minimum Gasteiger partial charge on any atom is -0.355 e. The maximum atomic E-state index is 13.1. The van der Waals surface area contributed by atoms with Crippen LogP contribution in [0.1, 0.15) is 5.56 Å². The van der Waals surface area contributed by atoms with Gasteiger partial charge in [0.25, 0.3) is 0 Å². The number of aromatic nitrogens is 2. The molecule has 24 heavy (non-hydrogen) atoms. The lowest BCUT2D eigenvalue weighted by molar-refractivity contribution is 0.628. The Bertz CT molecular complexity index is 1000. The third-order valence-corrected chi connectivity index (χ3v) is 4.08. The molecule has 0 aliphatic rings. The first-order valence-electron chi connectivity index (χ1n) is 7.76. The second-order valence-corrected chi connectivity index (χ2v) is 5.73. The van der Waals surface area contributed by atoms with Crippen molar-refractivity contribution in [3.63, 3.8) is 0 Å². The number of hydrogen-bond acceptors (Lipinski definition) is 2. The van der Waals surface area contributed by atoms with Crippen LogP contribution < -0.4 is 5.32 Å². The van der Waals surface area contributed by atoms with Crippen LogP contribution in [0.15, 0.2) is 73.1 Å². The lowest BCUT2D eigenvalue weighted by atomic mass is 10.1. The Balaban J connectivity index is 1.74. The van der Waals surface area contributed by atoms with Gasteiger partial charge in [-0.05, 0) is 61.0 Å². The van der Waals surface area contributed by atoms with Crippen LogP contribution >= 0.6 is 0 Å². The van der Waals surface area contributed by atoms with E-state index in [1.165, 1.54) is 12.1 Å². The number of imidazole rings is 1. The summed E-state index contributed by atoms with van der Waals surface area (Å²) in [5, 5.41) is 3.35. The largest absolute Gasteiger partial charge is 0.355 e. The Hall–Kier alpha value is -3.14. The summed E-state index contributed by atoms with van der Waals surface area (Å²) in [7, 11) is 0. The third-order valence-electron chi connectivity index (χ3n) is 4.08. The molecule has 3 nitrogen and oxygen atoms in total. The van der Waals surface area contributed by atoms with Gasteiger partial charge in [0.1, 0.15) is 12.1 Å². The van der Waals surface area contributed by atoms with E-state index in [1.807, 2.05) is 31.5 Å². The predicted molar refractivity (Wildman–Crippen MR) is 95.5 cm³/mol. The highest BCUT2D eigenvalue weighted by Gasteiger charge is 2.07. The van der Waals surface area contributed by atoms with E-state index in [-0.39, 0.29) is 5.82 Å². The molecule has 4 aromatic rings. The van der Waals surface area contributed by atoms with E-state index >= 15 is 0 Å². The number of para-hydroxylation sites is 2. The normalized spacial score (nSPS) is 10.9. The van der Waals surface area contributed by atoms with Crippen molar-refractivity contribution in [1.82, 2.24) is 9.55 Å². The van der Waals surface area contributed by atoms with Crippen LogP contribution in [-0.2, 0) is 0 Å². The molecule has 1 heterocycles. The number of rotatable bonds is 3. The van der Waals surface area contributed by atoms with Crippen molar-refractivity contribution in [3.8, 4) is 5.69 Å². The Morgan fingerprint density at radius 3 is 2.58 bits per heavy atom. The highest BCUT2D eigenvalue weighted by molar-refractivity contribution is 5.78. The smallest absolute Gasteiger partial charge is 0.123 e. The van der Waals surface area contributed by atoms with Gasteiger partial charge in [-0.3, -0.25) is 4.57 Å². The molecule has 0 spiro atoms. The number of hydrogen-bond donors (Lipinski definition) is 1. The molecular formula is C20H16FN3. The summed E-state index contributed by atoms with van der Waals surface area (Å²) < 4.78 is 15.1. The van der Waals surface area contributed by atoms with E-state index in [0.717, 1.165) is 33.7 Å². The lowest BCUT2D eigenvalue weighted by Crippen LogP contribution is -1.97. The van der Waals surface area contributed by atoms with Crippen LogP contribution in [0.3, 0.4) is 0 Å². The average molecular weight is 317 g/mol. The van der Waals surface area contributed by atoms with Gasteiger partial charge in [-0.25, -0.2) is 9.37 Å². The fraction of sp³-hybridized carbons (Fsp3) is 0.0500. The fourth-order valence-electron chi connectivity index (χ4n) is 2.75. The SMILES string of the molecule is Cc1ccc(-n2cnc3ccccc32)cc1Nc1ccc(F)cc1. The van der Waals surface area contributed by atoms with E-state index in [9.17, 15) is 4.39 Å². The van der Waals surface area contributed by atoms with Gasteiger partial charge >= 0.3 is 0 Å². The summed E-state index contributed by atoms with van der Waals surface area (Å²) >= 11 is 0. The number of nitrogens with zero attached hydrogens (tertiary/aromatic N) is 2. The standard InChI is InChI=1S/C20H16FN3/c1-14-6-11-17(24-13-22-18-4-2-3-5-20(18)24)12-19(14)23-16-9-7-15(21)8-10-16/h2-13,23H,1H3. The van der Waals surface area contributed by atoms with Gasteiger partial charge in [0.15, 0.2) is 0 Å². The molecule has 0 fully saturated rings. The van der Waals surface area contributed by atoms with E-state index in [1.54, 1.807) is 12.1 Å². The topological polar surface area (TPSA) is 29.9 Å². The average Bonchev–Trinajstić information content (AvgIpc) is 3.03. The minimum atomic E-state index is -0.240. The van der Waals surface area contributed by atoms with Gasteiger partial charge in [0.05, 0.1) is 11.0 Å². The zero-order valence-corrected chi connectivity index (χ0v) is 13.2. The Labute approximate surface area is 139 Å². The second-order valence-electron chi connectivity index (χ2n) is 5.73. The molecule has 1 N–H and O–H groups in total. The van der Waals surface area contributed by atoms with Crippen molar-refractivity contribution in [2.45, 2.75) is 6.92 Å². The molecule has 0 saturated heterocycles. The molecule has 1 aromatic heterocycles. The molecule has 0 bridgehead atoms. The molecule has 0 atom stereocenters. The van der Waals surface area contributed by atoms with Gasteiger partial charge < -0.3 is 5.32 Å². The third kappa shape index (κ3) is 2.63. The summed E-state index contributed by atoms with van der Waals surface area (Å²) in [6, 6.07) is 20.6. The first-order valence-corrected chi connectivity index (χ1v) is 7.76. The van der Waals surface area contributed by atoms with Crippen molar-refractivity contribution >= 4 is 22.4 Å². The van der Waals surface area contributed by atoms with Crippen LogP contribution in [0.25, 0.3) is 16.7 Å². The molecular weight excluding hydrogens is 301 g/mol. The number of anilines is 2. The number of fused-ring (bicyclic) bond motifs is 1. The maximum Gasteiger partial charge on any atom is 0.123 e. The molecule has 0 unspecified atom stereocenters. The molecule has 0 aliphatic carbocycles. The van der Waals surface area contributed by atoms with Crippen molar-refractivity contribution in [1.29, 1.82) is 0 Å². The highest BCUT2D eigenvalue weighted by Crippen LogP contribution is 2.26. The van der Waals surface area contributed by atoms with Crippen LogP contribution in [0.4, 0.5) is 15.8 Å². The van der Waals surface area contributed by atoms with Gasteiger partial charge in [-0.15, -0.1) is 0 Å². The Morgan fingerprint density at radius 2 is 1.75 bits per heavy atom. The monoisotopic (exact) mass is 317 g/mol. The van der Waals surface area contributed by atoms with Crippen molar-refractivity contribution in [2.24, 2.45) is 0 Å². The molecule has 118 valence electrons. The number of halogens is 1. The molecule has 0 aliphatic heterocycles. The van der Waals surface area contributed by atoms with Gasteiger partial charge in [-0.1, -0.05) is 18.2 Å². The summed E-state index contributed by atoms with van der Waals surface area (Å²) in [6.07, 6.45) is 1.83. The van der Waals surface area contributed by atoms with Crippen LogP contribution in [0.5, 0.6) is 0 Å². The Morgan fingerprint density at radius 1 is 0.958 bits per heavy atom. The van der Waals surface area contributed by atoms with Crippen LogP contribution in [-0.4, -0.2) is 9.55 Å². The quantitative estimate of drug-likeness (QED) is 0.561. The molecule has 4 heteroatoms. The van der Waals surface area contributed by atoms with Crippen molar-refractivity contribution < 1.29 is 4.39 Å². The Kier molecular flexibility index (Phi) is 3.50. The van der Waals surface area contributed by atoms with E-state index in [2.05, 4.69) is 39.1 Å². The first kappa shape index (κ1) is 14.5. The van der Waals surface area contributed by atoms with E-state index < -0.39 is 0 Å². The van der Waals surface area contributed by atoms with E-state index in [4.69, 9.17) is 0 Å². The molecule has 0 amide bonds. The molecule has 0 radical (unpaired) electrons. The fourth-order valence-corrected chi connectivity index (χ4v) is 2.75. The highest BCUT2D eigenvalue weighted by atomic mass is 19.1. The number of benzene rings is 3. The van der Waals surface area contributed by atoms with Crippen molar-refractivity contribution in [2.75, 3.05) is 5.32 Å². The summed E-state index contributed by atoms with van der Waals surface area (Å²) in [5.74, 6) is -0.240. The molecule has 3 aromatic carbocycles. The summed E-state index contributed by atoms with van der Waals surface area (Å²) in [4.78, 5) is 4.44. The molecule has 0 saturated carbocycles. The number of aryl methyl sites for hydroxylation is 1. The van der Waals surface area contributed by atoms with E-state index in [0.29, 0.717) is 0 Å². The second kappa shape index (κ2) is 5.81. The van der Waals surface area contributed by atoms with Gasteiger partial charge in [-0.2, -0.15) is 0 Å². The number of nitrogens with one attached hydrogen (secondary N) is 1. The summed E-state index contributed by atoms with van der Waals surface area (Å²) in [5.41, 5.74) is 6.01. The zero-order valence-electron chi connectivity index (χ0n) is 13.2. The maximum absolute atomic E-state index is 13.1. The lowest BCUT2D eigenvalue weighted by Gasteiger charge is -2.13. The summed E-state index contributed by atoms with van der Waals surface area (Å²) in [6.45, 7) is 2.04. The van der Waals surface area contributed by atoms with Gasteiger partial charge in [0, 0.05) is 17.1 Å². The predicted octanol–water partition coefficient (Wildman–Crippen LogP) is 5.22. The van der Waals surface area contributed by atoms with Gasteiger partial charge in [0.2, 0.25) is 0 Å².